The van der Waals surface area contributed by atoms with E-state index in [4.69, 9.17) is 11.6 Å². The van der Waals surface area contributed by atoms with E-state index in [1.54, 1.807) is 0 Å². The largest absolute Gasteiger partial charge is 0.448 e. The van der Waals surface area contributed by atoms with Crippen molar-refractivity contribution < 1.29 is 9.53 Å². The van der Waals surface area contributed by atoms with E-state index in [9.17, 15) is 4.79 Å². The fourth-order valence-electron chi connectivity index (χ4n) is 1.47. The summed E-state index contributed by atoms with van der Waals surface area (Å²) in [6, 6.07) is 0. The van der Waals surface area contributed by atoms with Gasteiger partial charge in [0, 0.05) is 13.1 Å². The van der Waals surface area contributed by atoms with Crippen LogP contribution in [0.1, 0.15) is 13.8 Å². The molecular formula is C10H20N8O2. The smallest absolute Gasteiger partial charge is 0.404 e. The quantitative estimate of drug-likeness (QED) is 0.282. The lowest BCUT2D eigenvalue weighted by molar-refractivity contribution is 0.161. The molecule has 0 atom stereocenters. The van der Waals surface area contributed by atoms with Crippen molar-refractivity contribution in [1.82, 2.24) is 15.0 Å². The van der Waals surface area contributed by atoms with Gasteiger partial charge in [0.1, 0.15) is 6.61 Å². The summed E-state index contributed by atoms with van der Waals surface area (Å²) in [5, 5.41) is 2.90. The van der Waals surface area contributed by atoms with Gasteiger partial charge in [0.15, 0.2) is 0 Å². The topological polar surface area (TPSA) is 144 Å². The first-order valence-electron chi connectivity index (χ1n) is 6.24. The molecule has 0 aromatic carbocycles. The number of nitrogens with one attached hydrogen (secondary N) is 2. The summed E-state index contributed by atoms with van der Waals surface area (Å²) in [6.07, 6.45) is -0.824. The van der Waals surface area contributed by atoms with Crippen LogP contribution in [0, 0.1) is 0 Å². The van der Waals surface area contributed by atoms with Crippen molar-refractivity contribution in [3.8, 4) is 0 Å². The number of amides is 1. The molecule has 20 heavy (non-hydrogen) atoms. The Kier molecular flexibility index (Phi) is 6.23. The van der Waals surface area contributed by atoms with Crippen molar-refractivity contribution in [3.63, 3.8) is 0 Å². The SMILES string of the molecule is CCN(CC)c1nc(NN)nc(NCCOC(N)=O)n1. The Morgan fingerprint density at radius 2 is 1.90 bits per heavy atom. The van der Waals surface area contributed by atoms with E-state index in [1.165, 1.54) is 0 Å². The van der Waals surface area contributed by atoms with Gasteiger partial charge in [-0.25, -0.2) is 10.6 Å². The normalized spacial score (nSPS) is 9.95. The number of carbonyl (C=O) groups excluding carboxylic acids is 1. The van der Waals surface area contributed by atoms with E-state index in [1.807, 2.05) is 18.7 Å². The summed E-state index contributed by atoms with van der Waals surface area (Å²) in [7, 11) is 0. The Balaban J connectivity index is 2.74. The molecule has 6 N–H and O–H groups in total. The van der Waals surface area contributed by atoms with Gasteiger partial charge in [-0.3, -0.25) is 5.43 Å². The van der Waals surface area contributed by atoms with Crippen molar-refractivity contribution in [3.05, 3.63) is 0 Å². The van der Waals surface area contributed by atoms with Crippen LogP contribution in [0.2, 0.25) is 0 Å². The van der Waals surface area contributed by atoms with Crippen LogP contribution in [0.3, 0.4) is 0 Å². The highest BCUT2D eigenvalue weighted by Crippen LogP contribution is 2.12. The number of primary amides is 1. The molecule has 0 aliphatic heterocycles. The third-order valence-electron chi connectivity index (χ3n) is 2.43. The molecule has 10 nitrogen and oxygen atoms in total. The van der Waals surface area contributed by atoms with Gasteiger partial charge < -0.3 is 20.7 Å². The van der Waals surface area contributed by atoms with Gasteiger partial charge in [0.05, 0.1) is 6.54 Å². The maximum atomic E-state index is 10.4. The minimum absolute atomic E-state index is 0.118. The lowest BCUT2D eigenvalue weighted by Crippen LogP contribution is -2.26. The van der Waals surface area contributed by atoms with Crippen molar-refractivity contribution >= 4 is 23.9 Å². The zero-order chi connectivity index (χ0) is 15.0. The lowest BCUT2D eigenvalue weighted by Gasteiger charge is -2.19. The highest BCUT2D eigenvalue weighted by atomic mass is 16.5. The average molecular weight is 284 g/mol. The molecule has 1 rings (SSSR count). The number of hydrogen-bond donors (Lipinski definition) is 4. The Morgan fingerprint density at radius 1 is 1.25 bits per heavy atom. The highest BCUT2D eigenvalue weighted by Gasteiger charge is 2.10. The van der Waals surface area contributed by atoms with Gasteiger partial charge in [0.2, 0.25) is 17.8 Å². The minimum Gasteiger partial charge on any atom is -0.448 e. The molecule has 1 amide bonds. The Labute approximate surface area is 116 Å². The predicted octanol–water partition coefficient (Wildman–Crippen LogP) is -0.489. The summed E-state index contributed by atoms with van der Waals surface area (Å²) in [5.74, 6) is 6.43. The first-order chi connectivity index (χ1) is 9.60. The molecule has 0 saturated heterocycles. The van der Waals surface area contributed by atoms with Crippen LogP contribution in [-0.4, -0.2) is 47.3 Å². The second-order valence-corrected chi connectivity index (χ2v) is 3.69. The van der Waals surface area contributed by atoms with E-state index < -0.39 is 6.09 Å². The molecule has 0 aliphatic carbocycles. The Morgan fingerprint density at radius 3 is 2.45 bits per heavy atom. The van der Waals surface area contributed by atoms with Gasteiger partial charge in [-0.1, -0.05) is 0 Å². The van der Waals surface area contributed by atoms with Gasteiger partial charge in [-0.15, -0.1) is 0 Å². The fraction of sp³-hybridized carbons (Fsp3) is 0.600. The van der Waals surface area contributed by atoms with E-state index >= 15 is 0 Å². The molecule has 0 radical (unpaired) electrons. The van der Waals surface area contributed by atoms with Crippen LogP contribution in [0.5, 0.6) is 0 Å². The molecule has 112 valence electrons. The Hall–Kier alpha value is -2.36. The summed E-state index contributed by atoms with van der Waals surface area (Å²) in [5.41, 5.74) is 7.24. The molecule has 0 saturated carbocycles. The lowest BCUT2D eigenvalue weighted by atomic mass is 10.5. The maximum Gasteiger partial charge on any atom is 0.404 e. The first-order valence-corrected chi connectivity index (χ1v) is 6.24. The second kappa shape index (κ2) is 7.94. The number of hydrazine groups is 1. The molecule has 1 aromatic heterocycles. The standard InChI is InChI=1S/C10H20N8O2/c1-3-18(4-2)10-15-8(14-9(16-10)17-12)13-5-6-20-7(11)19/h3-6,12H2,1-2H3,(H2,11,19)(H2,13,14,15,16,17). The maximum absolute atomic E-state index is 10.4. The molecule has 0 spiro atoms. The number of nitrogen functional groups attached to an aromatic ring is 1. The summed E-state index contributed by atoms with van der Waals surface area (Å²) in [4.78, 5) is 24.9. The van der Waals surface area contributed by atoms with E-state index in [2.05, 4.69) is 30.4 Å². The molecule has 0 bridgehead atoms. The third kappa shape index (κ3) is 4.72. The zero-order valence-corrected chi connectivity index (χ0v) is 11.6. The monoisotopic (exact) mass is 284 g/mol. The van der Waals surface area contributed by atoms with Crippen LogP contribution in [0.25, 0.3) is 0 Å². The predicted molar refractivity (Wildman–Crippen MR) is 75.2 cm³/mol. The number of nitrogens with zero attached hydrogens (tertiary/aromatic N) is 4. The van der Waals surface area contributed by atoms with Crippen LogP contribution in [0.4, 0.5) is 22.6 Å². The van der Waals surface area contributed by atoms with Crippen LogP contribution < -0.4 is 27.2 Å². The second-order valence-electron chi connectivity index (χ2n) is 3.69. The van der Waals surface area contributed by atoms with Crippen LogP contribution in [0.15, 0.2) is 0 Å². The Bertz CT molecular complexity index is 437. The summed E-state index contributed by atoms with van der Waals surface area (Å²) in [6.45, 7) is 5.96. The number of nitrogens with two attached hydrogens (primary N) is 2. The molecule has 10 heteroatoms. The third-order valence-corrected chi connectivity index (χ3v) is 2.43. The van der Waals surface area contributed by atoms with Crippen molar-refractivity contribution in [1.29, 1.82) is 0 Å². The summed E-state index contributed by atoms with van der Waals surface area (Å²) >= 11 is 0. The molecule has 1 aromatic rings. The highest BCUT2D eigenvalue weighted by molar-refractivity contribution is 5.64. The number of aromatic nitrogens is 3. The van der Waals surface area contributed by atoms with Gasteiger partial charge in [-0.05, 0) is 13.8 Å². The molecule has 0 aliphatic rings. The molecular weight excluding hydrogens is 264 g/mol. The first kappa shape index (κ1) is 15.7. The molecule has 1 heterocycles. The van der Waals surface area contributed by atoms with Gasteiger partial charge in [-0.2, -0.15) is 15.0 Å². The van der Waals surface area contributed by atoms with E-state index in [-0.39, 0.29) is 12.6 Å². The van der Waals surface area contributed by atoms with Gasteiger partial charge in [0.25, 0.3) is 0 Å². The number of rotatable bonds is 8. The van der Waals surface area contributed by atoms with Gasteiger partial charge >= 0.3 is 6.09 Å². The number of ether oxygens (including phenoxy) is 1. The molecule has 0 fully saturated rings. The number of anilines is 3. The average Bonchev–Trinajstić information content (AvgIpc) is 2.44. The number of carbonyl (C=O) groups is 1. The van der Waals surface area contributed by atoms with Crippen LogP contribution in [-0.2, 0) is 4.74 Å². The summed E-state index contributed by atoms with van der Waals surface area (Å²) < 4.78 is 4.59. The van der Waals surface area contributed by atoms with E-state index in [0.717, 1.165) is 13.1 Å². The number of hydrogen-bond acceptors (Lipinski definition) is 9. The van der Waals surface area contributed by atoms with Crippen molar-refractivity contribution in [2.45, 2.75) is 13.8 Å². The van der Waals surface area contributed by atoms with Crippen LogP contribution >= 0.6 is 0 Å². The van der Waals surface area contributed by atoms with E-state index in [0.29, 0.717) is 18.4 Å². The minimum atomic E-state index is -0.824. The molecule has 0 unspecified atom stereocenters. The van der Waals surface area contributed by atoms with Crippen molar-refractivity contribution in [2.75, 3.05) is 41.9 Å². The van der Waals surface area contributed by atoms with Crippen molar-refractivity contribution in [2.24, 2.45) is 11.6 Å². The zero-order valence-electron chi connectivity index (χ0n) is 11.6. The fourth-order valence-corrected chi connectivity index (χ4v) is 1.47.